The van der Waals surface area contributed by atoms with Crippen LogP contribution in [-0.4, -0.2) is 65.7 Å². The Bertz CT molecular complexity index is 1220. The van der Waals surface area contributed by atoms with Gasteiger partial charge in [-0.05, 0) is 103 Å². The molecule has 11 heteroatoms. The van der Waals surface area contributed by atoms with E-state index in [1.165, 1.54) is 6.92 Å². The average molecular weight is 648 g/mol. The van der Waals surface area contributed by atoms with Gasteiger partial charge in [0, 0.05) is 19.0 Å². The molecule has 4 aliphatic rings. The van der Waals surface area contributed by atoms with Crippen molar-refractivity contribution in [3.8, 4) is 0 Å². The van der Waals surface area contributed by atoms with Crippen LogP contribution < -0.4 is 34.9 Å². The third-order valence-corrected chi connectivity index (χ3v) is 13.2. The number of rotatable bonds is 9. The van der Waals surface area contributed by atoms with Gasteiger partial charge in [-0.2, -0.15) is 0 Å². The van der Waals surface area contributed by atoms with Crippen molar-refractivity contribution < 1.29 is 67.1 Å². The zero-order valence-corrected chi connectivity index (χ0v) is 31.0. The number of carbonyl (C=O) groups excluding carboxylic acids is 2. The molecule has 0 bridgehead atoms. The summed E-state index contributed by atoms with van der Waals surface area (Å²) in [6.45, 7) is 14.3. The first-order chi connectivity index (χ1) is 19.9. The van der Waals surface area contributed by atoms with Crippen LogP contribution in [0.4, 0.5) is 0 Å². The van der Waals surface area contributed by atoms with Crippen molar-refractivity contribution in [1.82, 2.24) is 5.32 Å². The molecular weight excluding hydrogens is 593 g/mol. The third-order valence-electron chi connectivity index (χ3n) is 12.5. The zero-order chi connectivity index (χ0) is 32.1. The van der Waals surface area contributed by atoms with Gasteiger partial charge in [0.2, 0.25) is 5.91 Å². The summed E-state index contributed by atoms with van der Waals surface area (Å²) in [4.78, 5) is 26.2. The van der Waals surface area contributed by atoms with E-state index in [0.717, 1.165) is 37.7 Å². The molecule has 4 rings (SSSR count). The van der Waals surface area contributed by atoms with Gasteiger partial charge in [0.1, 0.15) is 6.10 Å². The molecule has 1 amide bonds. The van der Waals surface area contributed by atoms with Crippen LogP contribution in [0.15, 0.2) is 11.1 Å². The van der Waals surface area contributed by atoms with E-state index in [9.17, 15) is 32.8 Å². The topological polar surface area (TPSA) is 153 Å². The predicted octanol–water partition coefficient (Wildman–Crippen LogP) is 1.33. The summed E-state index contributed by atoms with van der Waals surface area (Å²) in [7, 11) is -4.50. The van der Waals surface area contributed by atoms with Gasteiger partial charge in [-0.25, -0.2) is 8.42 Å². The number of ether oxygens (including phenoxy) is 1. The van der Waals surface area contributed by atoms with Gasteiger partial charge in [0.25, 0.3) is 0 Å². The van der Waals surface area contributed by atoms with Crippen LogP contribution in [-0.2, 0) is 24.4 Å². The maximum absolute atomic E-state index is 13.8. The van der Waals surface area contributed by atoms with Crippen LogP contribution in [0.25, 0.3) is 0 Å². The Morgan fingerprint density at radius 1 is 1.09 bits per heavy atom. The van der Waals surface area contributed by atoms with E-state index in [1.54, 1.807) is 0 Å². The number of nitrogens with one attached hydrogen (secondary N) is 1. The molecule has 246 valence electrons. The van der Waals surface area contributed by atoms with E-state index in [0.29, 0.717) is 43.1 Å². The minimum Gasteiger partial charge on any atom is -0.748 e. The Hall–Kier alpha value is -0.490. The Labute approximate surface area is 286 Å². The molecule has 4 fully saturated rings. The van der Waals surface area contributed by atoms with Gasteiger partial charge >= 0.3 is 35.5 Å². The first-order valence-corrected chi connectivity index (χ1v) is 17.9. The van der Waals surface area contributed by atoms with Crippen LogP contribution >= 0.6 is 0 Å². The number of carbonyl (C=O) groups is 2. The Balaban J connectivity index is 0.00000529. The Morgan fingerprint density at radius 3 is 2.34 bits per heavy atom. The molecule has 0 radical (unpaired) electrons. The molecule has 0 aromatic carbocycles. The smallest absolute Gasteiger partial charge is 0.748 e. The molecule has 3 N–H and O–H groups in total. The molecule has 0 aliphatic heterocycles. The third kappa shape index (κ3) is 7.02. The fourth-order valence-electron chi connectivity index (χ4n) is 10.4. The average Bonchev–Trinajstić information content (AvgIpc) is 3.14. The van der Waals surface area contributed by atoms with Crippen LogP contribution in [0.3, 0.4) is 0 Å². The van der Waals surface area contributed by atoms with Crippen LogP contribution in [0.1, 0.15) is 106 Å². The quantitative estimate of drug-likeness (QED) is 0.147. The molecule has 0 spiro atoms. The van der Waals surface area contributed by atoms with Crippen molar-refractivity contribution in [2.45, 2.75) is 125 Å². The van der Waals surface area contributed by atoms with Gasteiger partial charge in [-0.3, -0.25) is 9.59 Å². The standard InChI is InChI=1S/C33H55NO8S.Na/c1-19(2)9-8-10-22(30(38)34-15-16-43(39,40)41)28-24-17-26(37)29-31(5)13-12-25(36)20(3)23(31)11-14-32(29,6)33(24,7)18-27(28)42-21(4)35;/h19-20,23-27,29,36-37H,8-18H2,1-7H3,(H,34,38)(H,39,40,41);/q;+1/p-1/b28-22+;/t20-,23-,24-,25+,26?,27-,29?,31-,32-,33-;/m0./s1. The van der Waals surface area contributed by atoms with E-state index in [-0.39, 0.29) is 76.2 Å². The van der Waals surface area contributed by atoms with Crippen molar-refractivity contribution >= 4 is 22.0 Å². The largest absolute Gasteiger partial charge is 1.00 e. The molecule has 0 saturated heterocycles. The number of amides is 1. The number of hydrogen-bond acceptors (Lipinski definition) is 8. The minimum absolute atomic E-state index is 0. The first kappa shape index (κ1) is 38.0. The molecular formula is C33H54NNaO8S. The zero-order valence-electron chi connectivity index (χ0n) is 28.1. The molecule has 0 aromatic rings. The van der Waals surface area contributed by atoms with Gasteiger partial charge in [0.05, 0.1) is 28.1 Å². The minimum atomic E-state index is -4.50. The molecule has 4 saturated carbocycles. The molecule has 10 atom stereocenters. The van der Waals surface area contributed by atoms with Crippen LogP contribution in [0.5, 0.6) is 0 Å². The number of hydrogen-bond donors (Lipinski definition) is 3. The predicted molar refractivity (Wildman–Crippen MR) is 163 cm³/mol. The van der Waals surface area contributed by atoms with Crippen LogP contribution in [0.2, 0.25) is 0 Å². The summed E-state index contributed by atoms with van der Waals surface area (Å²) in [5.41, 5.74) is 0.416. The van der Waals surface area contributed by atoms with E-state index in [2.05, 4.69) is 46.9 Å². The van der Waals surface area contributed by atoms with Gasteiger partial charge in [-0.1, -0.05) is 48.0 Å². The fourth-order valence-corrected chi connectivity index (χ4v) is 10.7. The summed E-state index contributed by atoms with van der Waals surface area (Å²) < 4.78 is 39.7. The fraction of sp³-hybridized carbons (Fsp3) is 0.879. The molecule has 4 aliphatic carbocycles. The summed E-state index contributed by atoms with van der Waals surface area (Å²) in [6.07, 6.45) is 4.81. The van der Waals surface area contributed by atoms with Gasteiger partial charge in [-0.15, -0.1) is 0 Å². The van der Waals surface area contributed by atoms with Crippen molar-refractivity contribution in [3.05, 3.63) is 11.1 Å². The maximum atomic E-state index is 13.8. The first-order valence-electron chi connectivity index (χ1n) is 16.3. The van der Waals surface area contributed by atoms with E-state index in [4.69, 9.17) is 4.74 Å². The number of aliphatic hydroxyl groups is 2. The van der Waals surface area contributed by atoms with Crippen molar-refractivity contribution in [2.24, 2.45) is 45.8 Å². The Kier molecular flexibility index (Phi) is 12.0. The molecule has 44 heavy (non-hydrogen) atoms. The summed E-state index contributed by atoms with van der Waals surface area (Å²) in [5.74, 6) is -0.902. The van der Waals surface area contributed by atoms with Crippen LogP contribution in [0, 0.1) is 45.8 Å². The van der Waals surface area contributed by atoms with E-state index < -0.39 is 40.0 Å². The Morgan fingerprint density at radius 2 is 1.75 bits per heavy atom. The second-order valence-electron chi connectivity index (χ2n) is 15.3. The normalized spacial score (nSPS) is 41.1. The number of fused-ring (bicyclic) bond motifs is 5. The molecule has 0 heterocycles. The SMILES string of the molecule is CC(=O)O[C@H]1C[C@@]2(C)[C@@H](CC(O)C3[C@]2(C)CC[C@H]2[C@H](C)[C@H](O)CC[C@]32C)/C1=C(/CCCC(C)C)C(=O)NCCS(=O)(=O)[O-].[Na+]. The van der Waals surface area contributed by atoms with E-state index in [1.807, 2.05) is 0 Å². The van der Waals surface area contributed by atoms with Gasteiger partial charge in [0.15, 0.2) is 0 Å². The summed E-state index contributed by atoms with van der Waals surface area (Å²) >= 11 is 0. The monoisotopic (exact) mass is 647 g/mol. The van der Waals surface area contributed by atoms with Gasteiger partial charge < -0.3 is 24.8 Å². The number of esters is 1. The molecule has 9 nitrogen and oxygen atoms in total. The second-order valence-corrected chi connectivity index (χ2v) is 16.8. The summed E-state index contributed by atoms with van der Waals surface area (Å²) in [6, 6.07) is 0. The number of aliphatic hydroxyl groups excluding tert-OH is 2. The second kappa shape index (κ2) is 13.9. The van der Waals surface area contributed by atoms with E-state index >= 15 is 0 Å². The maximum Gasteiger partial charge on any atom is 1.00 e. The van der Waals surface area contributed by atoms with Crippen molar-refractivity contribution in [1.29, 1.82) is 0 Å². The van der Waals surface area contributed by atoms with Crippen molar-refractivity contribution in [3.63, 3.8) is 0 Å². The van der Waals surface area contributed by atoms with Crippen molar-refractivity contribution in [2.75, 3.05) is 12.3 Å². The molecule has 0 aromatic heterocycles. The molecule has 2 unspecified atom stereocenters. The summed E-state index contributed by atoms with van der Waals surface area (Å²) in [5, 5.41) is 25.5.